The third-order valence-corrected chi connectivity index (χ3v) is 7.88. The lowest BCUT2D eigenvalue weighted by Crippen LogP contribution is -2.41. The summed E-state index contributed by atoms with van der Waals surface area (Å²) >= 11 is 4.47. The molecule has 0 saturated heterocycles. The topological polar surface area (TPSA) is 125 Å². The van der Waals surface area contributed by atoms with Crippen LogP contribution >= 0.6 is 27.3 Å². The molecule has 1 atom stereocenters. The third-order valence-electron chi connectivity index (χ3n) is 4.14. The van der Waals surface area contributed by atoms with E-state index in [0.29, 0.717) is 5.52 Å². The first-order valence-electron chi connectivity index (χ1n) is 8.75. The van der Waals surface area contributed by atoms with E-state index < -0.39 is 21.0 Å². The van der Waals surface area contributed by atoms with Gasteiger partial charge in [0.25, 0.3) is 0 Å². The Morgan fingerprint density at radius 2 is 2.11 bits per heavy atom. The number of hydrogen-bond donors (Lipinski definition) is 3. The molecule has 1 aromatic carbocycles. The highest BCUT2D eigenvalue weighted by molar-refractivity contribution is 9.10. The highest BCUT2D eigenvalue weighted by Crippen LogP contribution is 2.33. The van der Waals surface area contributed by atoms with Crippen molar-refractivity contribution >= 4 is 59.1 Å². The van der Waals surface area contributed by atoms with Gasteiger partial charge in [-0.1, -0.05) is 15.9 Å². The number of benzene rings is 1. The Labute approximate surface area is 174 Å². The Kier molecular flexibility index (Phi) is 6.69. The number of amides is 2. The van der Waals surface area contributed by atoms with Crippen LogP contribution < -0.4 is 10.6 Å². The van der Waals surface area contributed by atoms with Gasteiger partial charge in [0, 0.05) is 17.1 Å². The molecule has 0 radical (unpaired) electrons. The fourth-order valence-electron chi connectivity index (χ4n) is 2.61. The van der Waals surface area contributed by atoms with Crippen molar-refractivity contribution in [1.82, 2.24) is 15.6 Å². The van der Waals surface area contributed by atoms with Gasteiger partial charge >= 0.3 is 0 Å². The van der Waals surface area contributed by atoms with Gasteiger partial charge in [-0.2, -0.15) is 0 Å². The lowest BCUT2D eigenvalue weighted by Gasteiger charge is -2.15. The van der Waals surface area contributed by atoms with E-state index in [1.807, 2.05) is 0 Å². The minimum atomic E-state index is -3.92. The summed E-state index contributed by atoms with van der Waals surface area (Å²) in [6.45, 7) is -0.595. The van der Waals surface area contributed by atoms with E-state index in [0.717, 1.165) is 33.4 Å². The normalized spacial score (nSPS) is 15.4. The number of nitrogens with zero attached hydrogens (tertiary/aromatic N) is 1. The molecular formula is C17H20BrN3O5S2. The van der Waals surface area contributed by atoms with Crippen LogP contribution in [-0.2, 0) is 19.4 Å². The van der Waals surface area contributed by atoms with Crippen LogP contribution in [0.3, 0.4) is 0 Å². The number of nitrogens with one attached hydrogen (secondary N) is 2. The smallest absolute Gasteiger partial charge is 0.245 e. The predicted molar refractivity (Wildman–Crippen MR) is 110 cm³/mol. The molecule has 3 N–H and O–H groups in total. The molecule has 3 rings (SSSR count). The van der Waals surface area contributed by atoms with Crippen LogP contribution in [0.25, 0.3) is 10.2 Å². The highest BCUT2D eigenvalue weighted by atomic mass is 79.9. The molecular weight excluding hydrogens is 470 g/mol. The monoisotopic (exact) mass is 489 g/mol. The number of aliphatic hydroxyl groups excluding tert-OH is 1. The molecule has 2 aromatic rings. The van der Waals surface area contributed by atoms with Crippen LogP contribution in [0.15, 0.2) is 22.7 Å². The number of thiazole rings is 1. The number of halogens is 1. The van der Waals surface area contributed by atoms with Crippen molar-refractivity contribution in [3.05, 3.63) is 27.7 Å². The molecule has 1 aliphatic carbocycles. The number of fused-ring (bicyclic) bond motifs is 1. The second-order valence-corrected chi connectivity index (χ2v) is 10.7. The van der Waals surface area contributed by atoms with Gasteiger partial charge in [-0.3, -0.25) is 9.59 Å². The van der Waals surface area contributed by atoms with E-state index in [9.17, 15) is 18.0 Å². The molecule has 1 aromatic heterocycles. The predicted octanol–water partition coefficient (Wildman–Crippen LogP) is 1.29. The fourth-order valence-corrected chi connectivity index (χ4v) is 6.23. The Bertz CT molecular complexity index is 988. The highest BCUT2D eigenvalue weighted by Gasteiger charge is 2.37. The molecule has 2 amide bonds. The van der Waals surface area contributed by atoms with E-state index in [2.05, 4.69) is 31.5 Å². The van der Waals surface area contributed by atoms with E-state index in [-0.39, 0.29) is 42.3 Å². The molecule has 1 heterocycles. The van der Waals surface area contributed by atoms with Gasteiger partial charge in [0.05, 0.1) is 22.5 Å². The zero-order chi connectivity index (χ0) is 20.3. The molecule has 0 aliphatic heterocycles. The molecule has 1 saturated carbocycles. The van der Waals surface area contributed by atoms with Gasteiger partial charge in [0.15, 0.2) is 15.1 Å². The van der Waals surface area contributed by atoms with Gasteiger partial charge in [-0.25, -0.2) is 13.4 Å². The van der Waals surface area contributed by atoms with Crippen molar-refractivity contribution in [1.29, 1.82) is 0 Å². The van der Waals surface area contributed by atoms with Crippen molar-refractivity contribution in [2.24, 2.45) is 0 Å². The summed E-state index contributed by atoms with van der Waals surface area (Å²) in [5.74, 6) is -1.49. The summed E-state index contributed by atoms with van der Waals surface area (Å²) in [6, 6.07) is 5.46. The first-order valence-corrected chi connectivity index (χ1v) is 12.1. The number of hydrogen-bond acceptors (Lipinski definition) is 7. The van der Waals surface area contributed by atoms with Gasteiger partial charge in [-0.15, -0.1) is 11.3 Å². The van der Waals surface area contributed by atoms with Crippen molar-refractivity contribution in [3.8, 4) is 0 Å². The summed E-state index contributed by atoms with van der Waals surface area (Å²) in [7, 11) is -3.92. The number of carbonyl (C=O) groups excluding carboxylic acids is 2. The maximum atomic E-state index is 12.8. The Morgan fingerprint density at radius 3 is 2.79 bits per heavy atom. The van der Waals surface area contributed by atoms with Gasteiger partial charge in [0.2, 0.25) is 11.8 Å². The SMILES string of the molecule is O=C(CNC(=O)C(c1nc2ccc(Br)cc2s1)S(=O)(=O)CCCO)NC1CC1. The summed E-state index contributed by atoms with van der Waals surface area (Å²) in [4.78, 5) is 28.9. The van der Waals surface area contributed by atoms with Crippen LogP contribution in [0, 0.1) is 0 Å². The van der Waals surface area contributed by atoms with Crippen LogP contribution in [0.2, 0.25) is 0 Å². The first kappa shape index (κ1) is 21.2. The number of sulfone groups is 1. The zero-order valence-corrected chi connectivity index (χ0v) is 18.1. The number of aromatic nitrogens is 1. The quantitative estimate of drug-likeness (QED) is 0.487. The molecule has 1 fully saturated rings. The van der Waals surface area contributed by atoms with Crippen molar-refractivity contribution in [3.63, 3.8) is 0 Å². The van der Waals surface area contributed by atoms with Gasteiger partial charge < -0.3 is 15.7 Å². The van der Waals surface area contributed by atoms with Crippen molar-refractivity contribution in [2.75, 3.05) is 18.9 Å². The summed E-state index contributed by atoms with van der Waals surface area (Å²) < 4.78 is 27.1. The van der Waals surface area contributed by atoms with Crippen LogP contribution in [0.4, 0.5) is 0 Å². The second-order valence-electron chi connectivity index (χ2n) is 6.55. The minimum Gasteiger partial charge on any atom is -0.396 e. The zero-order valence-electron chi connectivity index (χ0n) is 14.9. The van der Waals surface area contributed by atoms with Crippen LogP contribution in [-0.4, -0.2) is 55.3 Å². The van der Waals surface area contributed by atoms with Crippen molar-refractivity contribution < 1.29 is 23.1 Å². The lowest BCUT2D eigenvalue weighted by molar-refractivity contribution is -0.126. The molecule has 0 spiro atoms. The molecule has 1 unspecified atom stereocenters. The lowest BCUT2D eigenvalue weighted by atomic mass is 10.3. The first-order chi connectivity index (χ1) is 13.3. The van der Waals surface area contributed by atoms with E-state index in [1.54, 1.807) is 18.2 Å². The fraction of sp³-hybridized carbons (Fsp3) is 0.471. The largest absolute Gasteiger partial charge is 0.396 e. The standard InChI is InChI=1S/C17H20BrN3O5S2/c18-10-2-5-12-13(8-10)27-17(21-12)15(28(25,26)7-1-6-22)16(24)19-9-14(23)20-11-3-4-11/h2,5,8,11,15,22H,1,3-4,6-7,9H2,(H,19,24)(H,20,23). The Balaban J connectivity index is 1.84. The average molecular weight is 490 g/mol. The summed E-state index contributed by atoms with van der Waals surface area (Å²) in [6.07, 6.45) is 1.85. The van der Waals surface area contributed by atoms with E-state index in [4.69, 9.17) is 5.11 Å². The molecule has 152 valence electrons. The van der Waals surface area contributed by atoms with E-state index in [1.165, 1.54) is 0 Å². The van der Waals surface area contributed by atoms with Gasteiger partial charge in [0.1, 0.15) is 5.01 Å². The molecule has 1 aliphatic rings. The molecule has 11 heteroatoms. The molecule has 0 bridgehead atoms. The average Bonchev–Trinajstić information content (AvgIpc) is 3.35. The maximum absolute atomic E-state index is 12.8. The summed E-state index contributed by atoms with van der Waals surface area (Å²) in [5, 5.41) is 12.8. The minimum absolute atomic E-state index is 0.0186. The number of carbonyl (C=O) groups is 2. The Hall–Kier alpha value is -1.56. The number of rotatable bonds is 9. The molecule has 28 heavy (non-hydrogen) atoms. The molecule has 8 nitrogen and oxygen atoms in total. The van der Waals surface area contributed by atoms with Crippen LogP contribution in [0.1, 0.15) is 29.5 Å². The van der Waals surface area contributed by atoms with Crippen molar-refractivity contribution in [2.45, 2.75) is 30.6 Å². The second kappa shape index (κ2) is 8.85. The maximum Gasteiger partial charge on any atom is 0.245 e. The van der Waals surface area contributed by atoms with E-state index >= 15 is 0 Å². The van der Waals surface area contributed by atoms with Crippen LogP contribution in [0.5, 0.6) is 0 Å². The third kappa shape index (κ3) is 5.28. The summed E-state index contributed by atoms with van der Waals surface area (Å²) in [5.41, 5.74) is 0.588. The Morgan fingerprint density at radius 1 is 1.36 bits per heavy atom. The van der Waals surface area contributed by atoms with Gasteiger partial charge in [-0.05, 0) is 37.5 Å². The number of aliphatic hydroxyl groups is 1.